The van der Waals surface area contributed by atoms with Crippen LogP contribution in [0.15, 0.2) is 12.1 Å². The fourth-order valence-corrected chi connectivity index (χ4v) is 5.25. The Kier molecular flexibility index (Phi) is 3.76. The normalized spacial score (nSPS) is 32.8. The van der Waals surface area contributed by atoms with Crippen LogP contribution >= 0.6 is 0 Å². The van der Waals surface area contributed by atoms with Crippen molar-refractivity contribution in [2.75, 3.05) is 0 Å². The molecule has 0 bridgehead atoms. The third-order valence-corrected chi connectivity index (χ3v) is 6.62. The summed E-state index contributed by atoms with van der Waals surface area (Å²) in [6, 6.07) is 3.70. The van der Waals surface area contributed by atoms with Crippen molar-refractivity contribution in [3.05, 3.63) is 28.8 Å². The molecule has 2 aliphatic carbocycles. The van der Waals surface area contributed by atoms with E-state index in [1.165, 1.54) is 0 Å². The van der Waals surface area contributed by atoms with E-state index in [1.54, 1.807) is 19.9 Å². The maximum absolute atomic E-state index is 12.0. The molecule has 0 saturated heterocycles. The molecule has 3 N–H and O–H groups in total. The number of hydrogen-bond acceptors (Lipinski definition) is 3. The minimum absolute atomic E-state index is 0.0659. The number of aromatic hydroxyl groups is 1. The molecule has 0 spiro atoms. The van der Waals surface area contributed by atoms with Gasteiger partial charge in [-0.2, -0.15) is 0 Å². The third kappa shape index (κ3) is 2.34. The van der Waals surface area contributed by atoms with Crippen molar-refractivity contribution in [1.82, 2.24) is 0 Å². The van der Waals surface area contributed by atoms with Gasteiger partial charge in [-0.25, -0.2) is 0 Å². The van der Waals surface area contributed by atoms with Crippen LogP contribution in [0.1, 0.15) is 70.1 Å². The molecule has 0 amide bonds. The molecule has 0 heterocycles. The van der Waals surface area contributed by atoms with Crippen LogP contribution in [0.4, 0.5) is 0 Å². The molecular formula is C20H28O4. The Hall–Kier alpha value is -1.55. The Morgan fingerprint density at radius 2 is 1.92 bits per heavy atom. The summed E-state index contributed by atoms with van der Waals surface area (Å²) in [6.07, 6.45) is 4.16. The molecule has 1 aromatic carbocycles. The topological polar surface area (TPSA) is 77.8 Å². The molecule has 4 heteroatoms. The van der Waals surface area contributed by atoms with E-state index in [1.807, 2.05) is 13.0 Å². The van der Waals surface area contributed by atoms with Crippen LogP contribution in [0.25, 0.3) is 0 Å². The highest BCUT2D eigenvalue weighted by molar-refractivity contribution is 5.75. The maximum atomic E-state index is 12.0. The Balaban J connectivity index is 2.14. The van der Waals surface area contributed by atoms with E-state index in [0.29, 0.717) is 12.0 Å². The number of carboxylic acid groups (broad SMARTS) is 1. The van der Waals surface area contributed by atoms with Gasteiger partial charge in [0, 0.05) is 5.56 Å². The first kappa shape index (κ1) is 17.3. The Morgan fingerprint density at radius 1 is 1.25 bits per heavy atom. The second-order valence-corrected chi connectivity index (χ2v) is 8.67. The lowest BCUT2D eigenvalue weighted by molar-refractivity contribution is -0.157. The Bertz CT molecular complexity index is 688. The number of benzene rings is 1. The van der Waals surface area contributed by atoms with Crippen LogP contribution in [0, 0.1) is 11.3 Å². The highest BCUT2D eigenvalue weighted by atomic mass is 16.4. The highest BCUT2D eigenvalue weighted by Crippen LogP contribution is 2.58. The molecule has 3 rings (SSSR count). The lowest BCUT2D eigenvalue weighted by atomic mass is 9.49. The average Bonchev–Trinajstić information content (AvgIpc) is 2.46. The summed E-state index contributed by atoms with van der Waals surface area (Å²) in [4.78, 5) is 12.0. The van der Waals surface area contributed by atoms with Crippen molar-refractivity contribution in [1.29, 1.82) is 0 Å². The largest absolute Gasteiger partial charge is 0.508 e. The second-order valence-electron chi connectivity index (χ2n) is 8.67. The highest BCUT2D eigenvalue weighted by Gasteiger charge is 2.55. The van der Waals surface area contributed by atoms with E-state index in [2.05, 4.69) is 6.92 Å². The molecule has 4 nitrogen and oxygen atoms in total. The van der Waals surface area contributed by atoms with Crippen molar-refractivity contribution in [2.45, 2.75) is 70.8 Å². The summed E-state index contributed by atoms with van der Waals surface area (Å²) in [5.74, 6) is -0.541. The van der Waals surface area contributed by atoms with E-state index in [4.69, 9.17) is 0 Å². The summed E-state index contributed by atoms with van der Waals surface area (Å²) in [5.41, 5.74) is 0.692. The maximum Gasteiger partial charge on any atom is 0.309 e. The number of phenolic OH excluding ortho intramolecular Hbond substituents is 1. The molecule has 3 atom stereocenters. The van der Waals surface area contributed by atoms with Crippen LogP contribution in [-0.4, -0.2) is 21.3 Å². The van der Waals surface area contributed by atoms with Crippen molar-refractivity contribution < 1.29 is 20.1 Å². The van der Waals surface area contributed by atoms with Gasteiger partial charge in [0.1, 0.15) is 5.75 Å². The van der Waals surface area contributed by atoms with Crippen molar-refractivity contribution in [3.8, 4) is 5.75 Å². The van der Waals surface area contributed by atoms with E-state index >= 15 is 0 Å². The lowest BCUT2D eigenvalue weighted by Crippen LogP contribution is -2.52. The molecule has 2 aliphatic rings. The van der Waals surface area contributed by atoms with Gasteiger partial charge in [-0.15, -0.1) is 0 Å². The van der Waals surface area contributed by atoms with Crippen LogP contribution < -0.4 is 0 Å². The number of aliphatic hydroxyl groups is 1. The second kappa shape index (κ2) is 5.22. The van der Waals surface area contributed by atoms with E-state index in [-0.39, 0.29) is 17.1 Å². The van der Waals surface area contributed by atoms with Gasteiger partial charge in [0.25, 0.3) is 0 Å². The van der Waals surface area contributed by atoms with Crippen molar-refractivity contribution in [2.24, 2.45) is 11.3 Å². The molecule has 0 radical (unpaired) electrons. The number of hydrogen-bond donors (Lipinski definition) is 3. The average molecular weight is 332 g/mol. The first-order chi connectivity index (χ1) is 11.0. The number of rotatable bonds is 2. The molecule has 3 unspecified atom stereocenters. The molecular weight excluding hydrogens is 304 g/mol. The zero-order valence-electron chi connectivity index (χ0n) is 15.0. The zero-order valence-corrected chi connectivity index (χ0v) is 15.0. The monoisotopic (exact) mass is 332 g/mol. The first-order valence-electron chi connectivity index (χ1n) is 8.83. The van der Waals surface area contributed by atoms with Gasteiger partial charge in [0.2, 0.25) is 0 Å². The van der Waals surface area contributed by atoms with E-state index in [9.17, 15) is 20.1 Å². The lowest BCUT2D eigenvalue weighted by Gasteiger charge is -2.53. The van der Waals surface area contributed by atoms with Gasteiger partial charge < -0.3 is 15.3 Å². The fraction of sp³-hybridized carbons (Fsp3) is 0.650. The number of aryl methyl sites for hydroxylation is 1. The third-order valence-electron chi connectivity index (χ3n) is 6.62. The van der Waals surface area contributed by atoms with Crippen LogP contribution in [-0.2, 0) is 22.2 Å². The summed E-state index contributed by atoms with van der Waals surface area (Å²) >= 11 is 0. The summed E-state index contributed by atoms with van der Waals surface area (Å²) in [7, 11) is 0. The Morgan fingerprint density at radius 3 is 2.50 bits per heavy atom. The summed E-state index contributed by atoms with van der Waals surface area (Å²) in [6.45, 7) is 7.38. The Labute approximate surface area is 143 Å². The van der Waals surface area contributed by atoms with Crippen molar-refractivity contribution in [3.63, 3.8) is 0 Å². The molecule has 1 aromatic rings. The molecule has 24 heavy (non-hydrogen) atoms. The predicted molar refractivity (Wildman–Crippen MR) is 92.1 cm³/mol. The minimum atomic E-state index is -1.10. The van der Waals surface area contributed by atoms with Gasteiger partial charge in [0.05, 0.1) is 11.0 Å². The van der Waals surface area contributed by atoms with Gasteiger partial charge >= 0.3 is 5.97 Å². The quantitative estimate of drug-likeness (QED) is 0.771. The van der Waals surface area contributed by atoms with E-state index in [0.717, 1.165) is 36.8 Å². The first-order valence-corrected chi connectivity index (χ1v) is 8.83. The van der Waals surface area contributed by atoms with Gasteiger partial charge in [-0.1, -0.05) is 13.3 Å². The van der Waals surface area contributed by atoms with Gasteiger partial charge in [-0.05, 0) is 81.0 Å². The molecule has 0 aliphatic heterocycles. The molecule has 1 fully saturated rings. The molecule has 1 saturated carbocycles. The number of fused-ring (bicyclic) bond motifs is 3. The van der Waals surface area contributed by atoms with E-state index < -0.39 is 17.0 Å². The standard InChI is InChI=1S/C20H28O4/c1-18(2,24)14-10-12-6-7-16-19(3,13(12)11-15(14)21)8-5-9-20(16,4)17(22)23/h10-11,16,21,24H,5-9H2,1-4H3,(H,22,23). The molecule has 0 aromatic heterocycles. The number of phenols is 1. The predicted octanol–water partition coefficient (Wildman–Crippen LogP) is 3.71. The zero-order chi connectivity index (χ0) is 17.9. The van der Waals surface area contributed by atoms with Crippen molar-refractivity contribution >= 4 is 5.97 Å². The SMILES string of the molecule is CC(C)(O)c1cc2c(cc1O)C1(C)CCCC(C)(C(=O)O)C1CC2. The van der Waals surface area contributed by atoms with Gasteiger partial charge in [0.15, 0.2) is 0 Å². The van der Waals surface area contributed by atoms with Gasteiger partial charge in [-0.3, -0.25) is 4.79 Å². The summed E-state index contributed by atoms with van der Waals surface area (Å²) < 4.78 is 0. The number of aliphatic carboxylic acids is 1. The molecule has 132 valence electrons. The van der Waals surface area contributed by atoms with Crippen LogP contribution in [0.5, 0.6) is 5.75 Å². The number of carbonyl (C=O) groups is 1. The van der Waals surface area contributed by atoms with Crippen LogP contribution in [0.3, 0.4) is 0 Å². The minimum Gasteiger partial charge on any atom is -0.508 e. The summed E-state index contributed by atoms with van der Waals surface area (Å²) in [5, 5.41) is 30.6. The number of carboxylic acids is 1. The fourth-order valence-electron chi connectivity index (χ4n) is 5.25. The smallest absolute Gasteiger partial charge is 0.309 e. The van der Waals surface area contributed by atoms with Crippen LogP contribution in [0.2, 0.25) is 0 Å².